The normalized spacial score (nSPS) is 10.5. The van der Waals surface area contributed by atoms with Crippen molar-refractivity contribution in [2.24, 2.45) is 0 Å². The quantitative estimate of drug-likeness (QED) is 0.938. The molecule has 0 aromatic carbocycles. The molecule has 0 aliphatic heterocycles. The van der Waals surface area contributed by atoms with Crippen molar-refractivity contribution in [3.05, 3.63) is 38.4 Å². The standard InChI is InChI=1S/C12H14BrN3S/c1-8-5-11(13)12(15-6-8)14-4-3-10-7-17-9(2)16-10/h5-7H,3-4H2,1-2H3,(H,14,15). The second-order valence-corrected chi connectivity index (χ2v) is 5.79. The largest absolute Gasteiger partial charge is 0.369 e. The van der Waals surface area contributed by atoms with E-state index in [1.165, 1.54) is 0 Å². The lowest BCUT2D eigenvalue weighted by Crippen LogP contribution is -2.07. The van der Waals surface area contributed by atoms with Crippen LogP contribution in [0.25, 0.3) is 0 Å². The number of anilines is 1. The number of halogens is 1. The molecule has 0 fully saturated rings. The van der Waals surface area contributed by atoms with Crippen LogP contribution < -0.4 is 5.32 Å². The maximum Gasteiger partial charge on any atom is 0.140 e. The molecule has 0 bridgehead atoms. The van der Waals surface area contributed by atoms with Crippen LogP contribution in [0.4, 0.5) is 5.82 Å². The molecule has 2 heterocycles. The van der Waals surface area contributed by atoms with E-state index in [1.54, 1.807) is 11.3 Å². The number of nitrogens with one attached hydrogen (secondary N) is 1. The Hall–Kier alpha value is -0.940. The van der Waals surface area contributed by atoms with E-state index < -0.39 is 0 Å². The van der Waals surface area contributed by atoms with Crippen LogP contribution in [0, 0.1) is 13.8 Å². The maximum atomic E-state index is 4.42. The van der Waals surface area contributed by atoms with E-state index in [0.717, 1.165) is 39.5 Å². The van der Waals surface area contributed by atoms with E-state index in [-0.39, 0.29) is 0 Å². The van der Waals surface area contributed by atoms with Crippen LogP contribution in [-0.2, 0) is 6.42 Å². The number of pyridine rings is 1. The summed E-state index contributed by atoms with van der Waals surface area (Å²) in [6.07, 6.45) is 2.78. The molecule has 2 rings (SSSR count). The van der Waals surface area contributed by atoms with Gasteiger partial charge in [-0.05, 0) is 41.4 Å². The molecule has 0 spiro atoms. The van der Waals surface area contributed by atoms with Crippen molar-refractivity contribution in [1.29, 1.82) is 0 Å². The summed E-state index contributed by atoms with van der Waals surface area (Å²) in [4.78, 5) is 8.76. The van der Waals surface area contributed by atoms with Gasteiger partial charge in [-0.15, -0.1) is 11.3 Å². The van der Waals surface area contributed by atoms with Crippen molar-refractivity contribution in [3.8, 4) is 0 Å². The minimum Gasteiger partial charge on any atom is -0.369 e. The lowest BCUT2D eigenvalue weighted by Gasteiger charge is -2.06. The summed E-state index contributed by atoms with van der Waals surface area (Å²) in [5.41, 5.74) is 2.29. The summed E-state index contributed by atoms with van der Waals surface area (Å²) >= 11 is 5.19. The fourth-order valence-electron chi connectivity index (χ4n) is 1.50. The third-order valence-corrected chi connectivity index (χ3v) is 3.74. The van der Waals surface area contributed by atoms with Gasteiger partial charge in [-0.3, -0.25) is 0 Å². The Labute approximate surface area is 113 Å². The lowest BCUT2D eigenvalue weighted by atomic mass is 10.3. The highest BCUT2D eigenvalue weighted by Gasteiger charge is 2.02. The van der Waals surface area contributed by atoms with Gasteiger partial charge in [0.15, 0.2) is 0 Å². The number of hydrogen-bond donors (Lipinski definition) is 1. The van der Waals surface area contributed by atoms with Crippen molar-refractivity contribution in [3.63, 3.8) is 0 Å². The van der Waals surface area contributed by atoms with Gasteiger partial charge in [0.1, 0.15) is 5.82 Å². The third kappa shape index (κ3) is 3.51. The zero-order valence-corrected chi connectivity index (χ0v) is 12.2. The molecular formula is C12H14BrN3S. The Morgan fingerprint density at radius 2 is 2.24 bits per heavy atom. The van der Waals surface area contributed by atoms with Crippen molar-refractivity contribution < 1.29 is 0 Å². The summed E-state index contributed by atoms with van der Waals surface area (Å²) in [7, 11) is 0. The highest BCUT2D eigenvalue weighted by Crippen LogP contribution is 2.20. The Balaban J connectivity index is 1.90. The van der Waals surface area contributed by atoms with Gasteiger partial charge in [0.05, 0.1) is 15.2 Å². The molecule has 0 aliphatic carbocycles. The molecule has 1 N–H and O–H groups in total. The van der Waals surface area contributed by atoms with E-state index in [4.69, 9.17) is 0 Å². The number of thiazole rings is 1. The molecule has 17 heavy (non-hydrogen) atoms. The fraction of sp³-hybridized carbons (Fsp3) is 0.333. The molecule has 2 aromatic heterocycles. The molecule has 0 amide bonds. The number of aryl methyl sites for hydroxylation is 2. The van der Waals surface area contributed by atoms with Gasteiger partial charge in [0.2, 0.25) is 0 Å². The number of hydrogen-bond acceptors (Lipinski definition) is 4. The minimum atomic E-state index is 0.845. The smallest absolute Gasteiger partial charge is 0.140 e. The van der Waals surface area contributed by atoms with E-state index in [2.05, 4.69) is 42.7 Å². The maximum absolute atomic E-state index is 4.42. The van der Waals surface area contributed by atoms with Crippen molar-refractivity contribution in [1.82, 2.24) is 9.97 Å². The average molecular weight is 312 g/mol. The number of nitrogens with zero attached hydrogens (tertiary/aromatic N) is 2. The van der Waals surface area contributed by atoms with Crippen LogP contribution in [0.2, 0.25) is 0 Å². The molecule has 0 aliphatic rings. The molecule has 3 nitrogen and oxygen atoms in total. The Morgan fingerprint density at radius 1 is 1.41 bits per heavy atom. The highest BCUT2D eigenvalue weighted by atomic mass is 79.9. The van der Waals surface area contributed by atoms with Crippen LogP contribution >= 0.6 is 27.3 Å². The van der Waals surface area contributed by atoms with Crippen molar-refractivity contribution in [2.75, 3.05) is 11.9 Å². The first-order valence-electron chi connectivity index (χ1n) is 5.42. The third-order valence-electron chi connectivity index (χ3n) is 2.32. The van der Waals surface area contributed by atoms with Gasteiger partial charge in [0.25, 0.3) is 0 Å². The monoisotopic (exact) mass is 311 g/mol. The molecule has 0 radical (unpaired) electrons. The zero-order chi connectivity index (χ0) is 12.3. The van der Waals surface area contributed by atoms with Gasteiger partial charge >= 0.3 is 0 Å². The molecule has 0 unspecified atom stereocenters. The summed E-state index contributed by atoms with van der Waals surface area (Å²) in [5, 5.41) is 6.53. The first-order valence-corrected chi connectivity index (χ1v) is 7.09. The second-order valence-electron chi connectivity index (χ2n) is 3.88. The topological polar surface area (TPSA) is 37.8 Å². The molecule has 5 heteroatoms. The molecule has 90 valence electrons. The molecule has 0 saturated carbocycles. The van der Waals surface area contributed by atoms with Crippen molar-refractivity contribution >= 4 is 33.1 Å². The van der Waals surface area contributed by atoms with Gasteiger partial charge in [0, 0.05) is 24.5 Å². The molecule has 2 aromatic rings. The molecule has 0 saturated heterocycles. The second kappa shape index (κ2) is 5.60. The minimum absolute atomic E-state index is 0.845. The van der Waals surface area contributed by atoms with Gasteiger partial charge in [-0.1, -0.05) is 0 Å². The lowest BCUT2D eigenvalue weighted by molar-refractivity contribution is 0.958. The summed E-state index contributed by atoms with van der Waals surface area (Å²) < 4.78 is 1.01. The van der Waals surface area contributed by atoms with Crippen LogP contribution in [-0.4, -0.2) is 16.5 Å². The van der Waals surface area contributed by atoms with Gasteiger partial charge < -0.3 is 5.32 Å². The summed E-state index contributed by atoms with van der Waals surface area (Å²) in [5.74, 6) is 0.891. The predicted molar refractivity (Wildman–Crippen MR) is 75.7 cm³/mol. The predicted octanol–water partition coefficient (Wildman–Crippen LogP) is 3.57. The zero-order valence-electron chi connectivity index (χ0n) is 9.83. The van der Waals surface area contributed by atoms with Crippen LogP contribution in [0.5, 0.6) is 0 Å². The van der Waals surface area contributed by atoms with E-state index in [9.17, 15) is 0 Å². The van der Waals surface area contributed by atoms with Crippen molar-refractivity contribution in [2.45, 2.75) is 20.3 Å². The fourth-order valence-corrected chi connectivity index (χ4v) is 2.75. The van der Waals surface area contributed by atoms with E-state index in [0.29, 0.717) is 0 Å². The summed E-state index contributed by atoms with van der Waals surface area (Å²) in [6, 6.07) is 2.06. The van der Waals surface area contributed by atoms with Gasteiger partial charge in [-0.2, -0.15) is 0 Å². The van der Waals surface area contributed by atoms with E-state index >= 15 is 0 Å². The summed E-state index contributed by atoms with van der Waals surface area (Å²) in [6.45, 7) is 4.90. The Kier molecular flexibility index (Phi) is 4.12. The van der Waals surface area contributed by atoms with Crippen LogP contribution in [0.3, 0.4) is 0 Å². The highest BCUT2D eigenvalue weighted by molar-refractivity contribution is 9.10. The molecule has 0 atom stereocenters. The van der Waals surface area contributed by atoms with Crippen LogP contribution in [0.15, 0.2) is 22.1 Å². The first-order chi connectivity index (χ1) is 8.15. The SMILES string of the molecule is Cc1cnc(NCCc2csc(C)n2)c(Br)c1. The van der Waals surface area contributed by atoms with E-state index in [1.807, 2.05) is 20.0 Å². The first kappa shape index (κ1) is 12.5. The van der Waals surface area contributed by atoms with Gasteiger partial charge in [-0.25, -0.2) is 9.97 Å². The Morgan fingerprint density at radius 3 is 2.88 bits per heavy atom. The average Bonchev–Trinajstić information content (AvgIpc) is 2.68. The Bertz CT molecular complexity index is 510. The number of rotatable bonds is 4. The molecular weight excluding hydrogens is 298 g/mol. The number of aromatic nitrogens is 2. The van der Waals surface area contributed by atoms with Crippen LogP contribution in [0.1, 0.15) is 16.3 Å².